The number of nitrogens with zero attached hydrogens (tertiary/aromatic N) is 1. The summed E-state index contributed by atoms with van der Waals surface area (Å²) in [5.74, 6) is 0.771. The van der Waals surface area contributed by atoms with Crippen LogP contribution in [0.2, 0.25) is 0 Å². The molecule has 1 N–H and O–H groups in total. The number of fused-ring (bicyclic) bond motifs is 1. The van der Waals surface area contributed by atoms with Crippen LogP contribution < -0.4 is 5.32 Å². The van der Waals surface area contributed by atoms with Crippen molar-refractivity contribution in [3.63, 3.8) is 0 Å². The third-order valence-electron chi connectivity index (χ3n) is 5.61. The van der Waals surface area contributed by atoms with Crippen LogP contribution in [0, 0.1) is 28.6 Å². The molecule has 0 aromatic carbocycles. The highest BCUT2D eigenvalue weighted by atomic mass is 32.1. The number of nitriles is 1. The Balaban J connectivity index is 2.19. The van der Waals surface area contributed by atoms with Crippen molar-refractivity contribution in [2.75, 3.05) is 5.32 Å². The van der Waals surface area contributed by atoms with Crippen LogP contribution in [0.3, 0.4) is 0 Å². The van der Waals surface area contributed by atoms with Crippen LogP contribution in [0.15, 0.2) is 0 Å². The molecule has 0 radical (unpaired) electrons. The molecule has 2 atom stereocenters. The van der Waals surface area contributed by atoms with Crippen LogP contribution in [0.1, 0.15) is 82.7 Å². The lowest BCUT2D eigenvalue weighted by Crippen LogP contribution is -2.26. The molecule has 0 aliphatic heterocycles. The van der Waals surface area contributed by atoms with Gasteiger partial charge < -0.3 is 5.32 Å². The van der Waals surface area contributed by atoms with Crippen LogP contribution in [-0.4, -0.2) is 5.91 Å². The van der Waals surface area contributed by atoms with E-state index < -0.39 is 0 Å². The molecule has 2 unspecified atom stereocenters. The first-order valence-corrected chi connectivity index (χ1v) is 10.5. The monoisotopic (exact) mass is 360 g/mol. The molecular formula is C21H32N2OS. The first-order valence-electron chi connectivity index (χ1n) is 9.67. The van der Waals surface area contributed by atoms with Gasteiger partial charge in [0.1, 0.15) is 11.1 Å². The maximum absolute atomic E-state index is 12.6. The molecule has 0 fully saturated rings. The number of rotatable bonds is 6. The van der Waals surface area contributed by atoms with E-state index in [4.69, 9.17) is 0 Å². The van der Waals surface area contributed by atoms with Crippen LogP contribution >= 0.6 is 11.3 Å². The van der Waals surface area contributed by atoms with Gasteiger partial charge in [0.15, 0.2) is 0 Å². The highest BCUT2D eigenvalue weighted by Crippen LogP contribution is 2.44. The predicted octanol–water partition coefficient (Wildman–Crippen LogP) is 5.93. The lowest BCUT2D eigenvalue weighted by atomic mass is 9.72. The normalized spacial score (nSPS) is 18.3. The number of anilines is 1. The van der Waals surface area contributed by atoms with Gasteiger partial charge in [0.2, 0.25) is 5.91 Å². The molecule has 0 saturated heterocycles. The quantitative estimate of drug-likeness (QED) is 0.684. The Kier molecular flexibility index (Phi) is 6.68. The number of carbonyl (C=O) groups is 1. The van der Waals surface area contributed by atoms with E-state index in [1.54, 1.807) is 11.3 Å². The molecule has 25 heavy (non-hydrogen) atoms. The Bertz CT molecular complexity index is 648. The van der Waals surface area contributed by atoms with Crippen molar-refractivity contribution in [3.8, 4) is 6.07 Å². The summed E-state index contributed by atoms with van der Waals surface area (Å²) < 4.78 is 0. The molecule has 0 bridgehead atoms. The first-order chi connectivity index (χ1) is 11.8. The van der Waals surface area contributed by atoms with Crippen LogP contribution in [0.25, 0.3) is 0 Å². The zero-order valence-electron chi connectivity index (χ0n) is 16.4. The molecule has 1 amide bonds. The van der Waals surface area contributed by atoms with Crippen molar-refractivity contribution in [2.24, 2.45) is 17.3 Å². The SMILES string of the molecule is CCCCC(CC)C(=O)Nc1sc2c(c1C#N)CCC(C(C)(C)C)C2. The first kappa shape index (κ1) is 20.0. The molecule has 2 rings (SSSR count). The van der Waals surface area contributed by atoms with Gasteiger partial charge in [-0.05, 0) is 49.0 Å². The van der Waals surface area contributed by atoms with E-state index in [-0.39, 0.29) is 17.2 Å². The molecular weight excluding hydrogens is 328 g/mol. The molecule has 1 aromatic heterocycles. The van der Waals surface area contributed by atoms with Crippen molar-refractivity contribution >= 4 is 22.2 Å². The Morgan fingerprint density at radius 3 is 2.68 bits per heavy atom. The molecule has 1 aliphatic carbocycles. The Morgan fingerprint density at radius 1 is 1.40 bits per heavy atom. The second-order valence-electron chi connectivity index (χ2n) is 8.36. The number of amides is 1. The fraction of sp³-hybridized carbons (Fsp3) is 0.714. The van der Waals surface area contributed by atoms with Crippen molar-refractivity contribution in [1.29, 1.82) is 5.26 Å². The highest BCUT2D eigenvalue weighted by molar-refractivity contribution is 7.16. The van der Waals surface area contributed by atoms with Gasteiger partial charge in [-0.15, -0.1) is 11.3 Å². The van der Waals surface area contributed by atoms with E-state index >= 15 is 0 Å². The van der Waals surface area contributed by atoms with Crippen LogP contribution in [-0.2, 0) is 17.6 Å². The van der Waals surface area contributed by atoms with Crippen LogP contribution in [0.5, 0.6) is 0 Å². The molecule has 1 heterocycles. The molecule has 0 spiro atoms. The lowest BCUT2D eigenvalue weighted by molar-refractivity contribution is -0.120. The topological polar surface area (TPSA) is 52.9 Å². The second-order valence-corrected chi connectivity index (χ2v) is 9.47. The largest absolute Gasteiger partial charge is 0.316 e. The maximum Gasteiger partial charge on any atom is 0.228 e. The molecule has 1 aliphatic rings. The van der Waals surface area contributed by atoms with Gasteiger partial charge in [-0.3, -0.25) is 4.79 Å². The van der Waals surface area contributed by atoms with E-state index in [9.17, 15) is 10.1 Å². The Morgan fingerprint density at radius 2 is 2.12 bits per heavy atom. The smallest absolute Gasteiger partial charge is 0.228 e. The van der Waals surface area contributed by atoms with Gasteiger partial charge in [0.05, 0.1) is 5.56 Å². The highest BCUT2D eigenvalue weighted by Gasteiger charge is 2.32. The van der Waals surface area contributed by atoms with Gasteiger partial charge >= 0.3 is 0 Å². The number of nitrogens with one attached hydrogen (secondary N) is 1. The second kappa shape index (κ2) is 8.36. The fourth-order valence-corrected chi connectivity index (χ4v) is 5.00. The van der Waals surface area contributed by atoms with Crippen molar-refractivity contribution in [1.82, 2.24) is 0 Å². The summed E-state index contributed by atoms with van der Waals surface area (Å²) in [5, 5.41) is 13.5. The van der Waals surface area contributed by atoms with Crippen molar-refractivity contribution in [2.45, 2.75) is 79.6 Å². The van der Waals surface area contributed by atoms with Gasteiger partial charge in [-0.1, -0.05) is 47.5 Å². The summed E-state index contributed by atoms with van der Waals surface area (Å²) >= 11 is 1.63. The average Bonchev–Trinajstić information content (AvgIpc) is 2.90. The number of unbranched alkanes of at least 4 members (excludes halogenated alkanes) is 1. The zero-order chi connectivity index (χ0) is 18.6. The van der Waals surface area contributed by atoms with Crippen molar-refractivity contribution in [3.05, 3.63) is 16.0 Å². The van der Waals surface area contributed by atoms with Crippen molar-refractivity contribution < 1.29 is 4.79 Å². The van der Waals surface area contributed by atoms with Gasteiger partial charge in [-0.25, -0.2) is 0 Å². The predicted molar refractivity (Wildman–Crippen MR) is 106 cm³/mol. The van der Waals surface area contributed by atoms with Gasteiger partial charge in [-0.2, -0.15) is 5.26 Å². The summed E-state index contributed by atoms with van der Waals surface area (Å²) in [6, 6.07) is 2.36. The van der Waals surface area contributed by atoms with E-state index in [0.717, 1.165) is 49.9 Å². The molecule has 0 saturated carbocycles. The maximum atomic E-state index is 12.6. The lowest BCUT2D eigenvalue weighted by Gasteiger charge is -2.33. The Labute approximate surface area is 156 Å². The summed E-state index contributed by atoms with van der Waals surface area (Å²) in [5.41, 5.74) is 2.18. The molecule has 138 valence electrons. The van der Waals surface area contributed by atoms with Gasteiger partial charge in [0.25, 0.3) is 0 Å². The summed E-state index contributed by atoms with van der Waals surface area (Å²) in [7, 11) is 0. The molecule has 4 heteroatoms. The summed E-state index contributed by atoms with van der Waals surface area (Å²) in [4.78, 5) is 13.9. The minimum atomic E-state index is 0.0490. The zero-order valence-corrected chi connectivity index (χ0v) is 17.2. The van der Waals surface area contributed by atoms with E-state index in [1.165, 1.54) is 10.4 Å². The van der Waals surface area contributed by atoms with E-state index in [2.05, 4.69) is 46.0 Å². The van der Waals surface area contributed by atoms with E-state index in [1.807, 2.05) is 0 Å². The number of thiophene rings is 1. The average molecular weight is 361 g/mol. The fourth-order valence-electron chi connectivity index (χ4n) is 3.72. The summed E-state index contributed by atoms with van der Waals surface area (Å²) in [6.45, 7) is 11.1. The van der Waals surface area contributed by atoms with E-state index in [0.29, 0.717) is 11.5 Å². The number of carbonyl (C=O) groups excluding carboxylic acids is 1. The third-order valence-corrected chi connectivity index (χ3v) is 6.78. The minimum absolute atomic E-state index is 0.0490. The van der Waals surface area contributed by atoms with Gasteiger partial charge in [0, 0.05) is 10.8 Å². The van der Waals surface area contributed by atoms with Crippen LogP contribution in [0.4, 0.5) is 5.00 Å². The summed E-state index contributed by atoms with van der Waals surface area (Å²) in [6.07, 6.45) is 7.08. The Hall–Kier alpha value is -1.34. The third kappa shape index (κ3) is 4.64. The minimum Gasteiger partial charge on any atom is -0.316 e. The molecule has 1 aromatic rings. The number of hydrogen-bond donors (Lipinski definition) is 1. The molecule has 3 nitrogen and oxygen atoms in total. The standard InChI is InChI=1S/C21H32N2OS/c1-6-8-9-14(7-2)19(24)23-20-17(13-22)16-11-10-15(21(3,4)5)12-18(16)25-20/h14-15H,6-12H2,1-5H3,(H,23,24). The number of hydrogen-bond acceptors (Lipinski definition) is 3.